The lowest BCUT2D eigenvalue weighted by molar-refractivity contribution is 0.0691. The van der Waals surface area contributed by atoms with Crippen molar-refractivity contribution in [1.82, 2.24) is 18.9 Å². The molecular formula is C19H15FN4O2S. The Morgan fingerprint density at radius 2 is 2.00 bits per heavy atom. The molecule has 0 aliphatic heterocycles. The van der Waals surface area contributed by atoms with Crippen LogP contribution in [0.4, 0.5) is 3.89 Å². The van der Waals surface area contributed by atoms with Crippen molar-refractivity contribution >= 4 is 29.3 Å². The zero-order valence-electron chi connectivity index (χ0n) is 14.5. The smallest absolute Gasteiger partial charge is 0.352 e. The maximum absolute atomic E-state index is 13.6. The summed E-state index contributed by atoms with van der Waals surface area (Å²) in [5.74, 6) is -1.05. The maximum atomic E-state index is 13.6. The number of aromatic amines is 1. The van der Waals surface area contributed by atoms with Gasteiger partial charge in [0.1, 0.15) is 5.69 Å². The Hall–Kier alpha value is -3.13. The zero-order valence-corrected chi connectivity index (χ0v) is 15.3. The predicted molar refractivity (Wildman–Crippen MR) is 103 cm³/mol. The van der Waals surface area contributed by atoms with Crippen LogP contribution in [0.1, 0.15) is 21.9 Å². The molecule has 0 fully saturated rings. The maximum Gasteiger partial charge on any atom is 0.352 e. The number of nitrogens with zero attached hydrogens (tertiary/aromatic N) is 3. The molecule has 0 aliphatic rings. The molecule has 2 N–H and O–H groups in total. The number of halogens is 1. The molecule has 0 saturated heterocycles. The van der Waals surface area contributed by atoms with Gasteiger partial charge in [-0.25, -0.2) is 13.8 Å². The van der Waals surface area contributed by atoms with Crippen molar-refractivity contribution in [3.8, 4) is 22.3 Å². The first kappa shape index (κ1) is 17.3. The largest absolute Gasteiger partial charge is 0.477 e. The van der Waals surface area contributed by atoms with Crippen LogP contribution in [0.25, 0.3) is 33.3 Å². The first-order chi connectivity index (χ1) is 13.0. The Bertz CT molecular complexity index is 1180. The molecule has 6 nitrogen and oxygen atoms in total. The van der Waals surface area contributed by atoms with Gasteiger partial charge in [-0.2, -0.15) is 0 Å². The molecule has 0 bridgehead atoms. The van der Waals surface area contributed by atoms with Gasteiger partial charge in [0.25, 0.3) is 0 Å². The topological polar surface area (TPSA) is 83.8 Å². The van der Waals surface area contributed by atoms with Gasteiger partial charge >= 0.3 is 5.97 Å². The fourth-order valence-corrected chi connectivity index (χ4v) is 3.66. The van der Waals surface area contributed by atoms with E-state index in [-0.39, 0.29) is 18.0 Å². The second-order valence-electron chi connectivity index (χ2n) is 6.21. The van der Waals surface area contributed by atoms with Gasteiger partial charge in [-0.05, 0) is 43.7 Å². The van der Waals surface area contributed by atoms with Crippen LogP contribution in [0.3, 0.4) is 0 Å². The highest BCUT2D eigenvalue weighted by Gasteiger charge is 2.20. The molecule has 4 aromatic heterocycles. The summed E-state index contributed by atoms with van der Waals surface area (Å²) in [6.45, 7) is 3.70. The van der Waals surface area contributed by atoms with Crippen LogP contribution in [0, 0.1) is 13.8 Å². The third-order valence-corrected chi connectivity index (χ3v) is 5.08. The SMILES string of the molecule is Cc1cc(-c2cnc3c(c2)c(-c2c[nH]c(C(=O)O)c2)c(C)n3SF)ccn1. The molecular weight excluding hydrogens is 367 g/mol. The number of hydrogen-bond acceptors (Lipinski definition) is 4. The molecule has 136 valence electrons. The van der Waals surface area contributed by atoms with Gasteiger partial charge in [-0.15, -0.1) is 3.89 Å². The molecule has 4 rings (SSSR count). The highest BCUT2D eigenvalue weighted by atomic mass is 32.2. The number of carboxylic acid groups (broad SMARTS) is 1. The summed E-state index contributed by atoms with van der Waals surface area (Å²) in [5.41, 5.74) is 5.37. The van der Waals surface area contributed by atoms with E-state index in [2.05, 4.69) is 15.0 Å². The van der Waals surface area contributed by atoms with Gasteiger partial charge in [0, 0.05) is 52.1 Å². The van der Waals surface area contributed by atoms with E-state index in [4.69, 9.17) is 0 Å². The summed E-state index contributed by atoms with van der Waals surface area (Å²) in [4.78, 5) is 22.6. The lowest BCUT2D eigenvalue weighted by atomic mass is 10.0. The standard InChI is InChI=1S/C19H15FN4O2S/c1-10-5-12(3-4-21-10)13-6-15-17(14-7-16(19(25)26)22-9-14)11(2)24(27-20)18(15)23-8-13/h3-9,22H,1-2H3,(H,25,26). The van der Waals surface area contributed by atoms with Gasteiger partial charge in [0.05, 0.1) is 0 Å². The third kappa shape index (κ3) is 2.87. The van der Waals surface area contributed by atoms with E-state index in [1.165, 1.54) is 3.97 Å². The molecule has 0 atom stereocenters. The first-order valence-electron chi connectivity index (χ1n) is 8.15. The number of aromatic carboxylic acids is 1. The van der Waals surface area contributed by atoms with Gasteiger partial charge < -0.3 is 10.1 Å². The number of nitrogens with one attached hydrogen (secondary N) is 1. The van der Waals surface area contributed by atoms with Gasteiger partial charge in [0.15, 0.2) is 18.0 Å². The second-order valence-corrected chi connectivity index (χ2v) is 6.72. The number of hydrogen-bond donors (Lipinski definition) is 2. The summed E-state index contributed by atoms with van der Waals surface area (Å²) < 4.78 is 15.0. The van der Waals surface area contributed by atoms with Crippen molar-refractivity contribution in [2.24, 2.45) is 0 Å². The molecule has 0 radical (unpaired) electrons. The van der Waals surface area contributed by atoms with Crippen molar-refractivity contribution in [2.75, 3.05) is 0 Å². The van der Waals surface area contributed by atoms with Crippen LogP contribution in [-0.4, -0.2) is 30.0 Å². The number of fused-ring (bicyclic) bond motifs is 1. The van der Waals surface area contributed by atoms with Crippen molar-refractivity contribution in [2.45, 2.75) is 13.8 Å². The van der Waals surface area contributed by atoms with Crippen molar-refractivity contribution in [1.29, 1.82) is 0 Å². The van der Waals surface area contributed by atoms with E-state index < -0.39 is 5.97 Å². The van der Waals surface area contributed by atoms with E-state index in [1.54, 1.807) is 31.6 Å². The Morgan fingerprint density at radius 1 is 1.19 bits per heavy atom. The fourth-order valence-electron chi connectivity index (χ4n) is 3.25. The second kappa shape index (κ2) is 6.55. The quantitative estimate of drug-likeness (QED) is 0.530. The van der Waals surface area contributed by atoms with Crippen molar-refractivity contribution < 1.29 is 13.8 Å². The highest BCUT2D eigenvalue weighted by molar-refractivity contribution is 7.93. The predicted octanol–water partition coefficient (Wildman–Crippen LogP) is 4.79. The molecule has 8 heteroatoms. The molecule has 27 heavy (non-hydrogen) atoms. The molecule has 0 unspecified atom stereocenters. The molecule has 0 spiro atoms. The minimum absolute atomic E-state index is 0.0753. The molecule has 0 amide bonds. The number of aryl methyl sites for hydroxylation is 1. The van der Waals surface area contributed by atoms with Crippen LogP contribution >= 0.6 is 12.3 Å². The van der Waals surface area contributed by atoms with Gasteiger partial charge in [-0.3, -0.25) is 4.98 Å². The minimum atomic E-state index is -1.05. The van der Waals surface area contributed by atoms with Gasteiger partial charge in [0.2, 0.25) is 0 Å². The van der Waals surface area contributed by atoms with E-state index in [0.717, 1.165) is 27.8 Å². The van der Waals surface area contributed by atoms with Crippen LogP contribution in [0.15, 0.2) is 42.9 Å². The Labute approximate surface area is 158 Å². The minimum Gasteiger partial charge on any atom is -0.477 e. The zero-order chi connectivity index (χ0) is 19.1. The lowest BCUT2D eigenvalue weighted by Gasteiger charge is -2.04. The van der Waals surface area contributed by atoms with E-state index >= 15 is 0 Å². The number of pyridine rings is 2. The van der Waals surface area contributed by atoms with Crippen LogP contribution in [0.2, 0.25) is 0 Å². The molecule has 0 aliphatic carbocycles. The number of rotatable bonds is 4. The summed E-state index contributed by atoms with van der Waals surface area (Å²) in [5, 5.41) is 9.93. The van der Waals surface area contributed by atoms with E-state index in [0.29, 0.717) is 16.9 Å². The summed E-state index contributed by atoms with van der Waals surface area (Å²) in [6, 6.07) is 7.33. The molecule has 4 heterocycles. The normalized spacial score (nSPS) is 11.2. The Morgan fingerprint density at radius 3 is 2.67 bits per heavy atom. The van der Waals surface area contributed by atoms with Crippen LogP contribution < -0.4 is 0 Å². The van der Waals surface area contributed by atoms with Gasteiger partial charge in [-0.1, -0.05) is 0 Å². The van der Waals surface area contributed by atoms with Crippen molar-refractivity contribution in [3.63, 3.8) is 0 Å². The van der Waals surface area contributed by atoms with Crippen molar-refractivity contribution in [3.05, 3.63) is 59.9 Å². The average Bonchev–Trinajstić information content (AvgIpc) is 3.23. The average molecular weight is 382 g/mol. The fraction of sp³-hybridized carbons (Fsp3) is 0.105. The Balaban J connectivity index is 1.97. The summed E-state index contributed by atoms with van der Waals surface area (Å²) in [6.07, 6.45) is 5.05. The highest BCUT2D eigenvalue weighted by Crippen LogP contribution is 2.38. The van der Waals surface area contributed by atoms with E-state index in [1.807, 2.05) is 25.1 Å². The molecule has 4 aromatic rings. The monoisotopic (exact) mass is 382 g/mol. The lowest BCUT2D eigenvalue weighted by Crippen LogP contribution is -1.94. The molecule has 0 saturated carbocycles. The van der Waals surface area contributed by atoms with Crippen LogP contribution in [-0.2, 0) is 0 Å². The van der Waals surface area contributed by atoms with E-state index in [9.17, 15) is 13.8 Å². The third-order valence-electron chi connectivity index (χ3n) is 4.50. The Kier molecular flexibility index (Phi) is 4.19. The van der Waals surface area contributed by atoms with Crippen LogP contribution in [0.5, 0.6) is 0 Å². The molecule has 0 aromatic carbocycles. The number of carbonyl (C=O) groups is 1. The summed E-state index contributed by atoms with van der Waals surface area (Å²) >= 11 is 0.0753. The number of carboxylic acids is 1. The summed E-state index contributed by atoms with van der Waals surface area (Å²) in [7, 11) is 0. The first-order valence-corrected chi connectivity index (χ1v) is 8.82. The number of H-pyrrole nitrogens is 1. The number of aromatic nitrogens is 4.